The Labute approximate surface area is 114 Å². The molecule has 19 heavy (non-hydrogen) atoms. The van der Waals surface area contributed by atoms with Gasteiger partial charge in [0, 0.05) is 12.1 Å². The minimum Gasteiger partial charge on any atom is -0.352 e. The van der Waals surface area contributed by atoms with Crippen molar-refractivity contribution in [2.45, 2.75) is 32.1 Å². The van der Waals surface area contributed by atoms with E-state index < -0.39 is 10.0 Å². The van der Waals surface area contributed by atoms with Crippen LogP contribution in [-0.2, 0) is 10.0 Å². The lowest BCUT2D eigenvalue weighted by atomic mass is 10.1. The van der Waals surface area contributed by atoms with E-state index >= 15 is 0 Å². The van der Waals surface area contributed by atoms with E-state index in [9.17, 15) is 13.2 Å². The van der Waals surface area contributed by atoms with Crippen molar-refractivity contribution in [3.05, 3.63) is 29.3 Å². The largest absolute Gasteiger partial charge is 0.352 e. The molecule has 5 nitrogen and oxygen atoms in total. The minimum absolute atomic E-state index is 0.0171. The number of hydrogen-bond donors (Lipinski definition) is 2. The number of sulfonamides is 1. The molecule has 0 aliphatic heterocycles. The fourth-order valence-corrected chi connectivity index (χ4v) is 2.17. The standard InChI is InChI=1S/C13H20N2O3S/c1-4-9(2)8-15-13(16)12-6-5-11(7-10(12)3)19(14,17)18/h5-7,9H,4,8H2,1-3H3,(H,15,16)(H2,14,17,18). The molecule has 0 aliphatic carbocycles. The Kier molecular flexibility index (Phi) is 5.08. The number of rotatable bonds is 5. The molecule has 0 saturated heterocycles. The molecule has 0 saturated carbocycles. The maximum atomic E-state index is 12.0. The van der Waals surface area contributed by atoms with Gasteiger partial charge >= 0.3 is 0 Å². The van der Waals surface area contributed by atoms with Gasteiger partial charge in [0.05, 0.1) is 4.90 Å². The first-order valence-electron chi connectivity index (χ1n) is 6.17. The highest BCUT2D eigenvalue weighted by Gasteiger charge is 2.14. The van der Waals surface area contributed by atoms with Gasteiger partial charge in [0.15, 0.2) is 0 Å². The third kappa shape index (κ3) is 4.33. The summed E-state index contributed by atoms with van der Waals surface area (Å²) in [6.45, 7) is 6.40. The van der Waals surface area contributed by atoms with E-state index in [1.165, 1.54) is 18.2 Å². The summed E-state index contributed by atoms with van der Waals surface area (Å²) >= 11 is 0. The van der Waals surface area contributed by atoms with E-state index in [0.29, 0.717) is 23.6 Å². The summed E-state index contributed by atoms with van der Waals surface area (Å²) in [4.78, 5) is 12.0. The van der Waals surface area contributed by atoms with Gasteiger partial charge in [-0.2, -0.15) is 0 Å². The van der Waals surface area contributed by atoms with Crippen LogP contribution in [0.4, 0.5) is 0 Å². The molecule has 1 unspecified atom stereocenters. The Balaban J connectivity index is 2.88. The topological polar surface area (TPSA) is 89.3 Å². The van der Waals surface area contributed by atoms with E-state index in [0.717, 1.165) is 6.42 Å². The second-order valence-corrected chi connectivity index (χ2v) is 6.31. The molecular formula is C13H20N2O3S. The lowest BCUT2D eigenvalue weighted by molar-refractivity contribution is 0.0947. The molecule has 3 N–H and O–H groups in total. The van der Waals surface area contributed by atoms with Gasteiger partial charge in [0.25, 0.3) is 5.91 Å². The van der Waals surface area contributed by atoms with Gasteiger partial charge in [-0.3, -0.25) is 4.79 Å². The van der Waals surface area contributed by atoms with Crippen LogP contribution >= 0.6 is 0 Å². The van der Waals surface area contributed by atoms with E-state index in [1.807, 2.05) is 0 Å². The Hall–Kier alpha value is -1.40. The molecule has 0 heterocycles. The molecular weight excluding hydrogens is 264 g/mol. The molecule has 0 fully saturated rings. The second-order valence-electron chi connectivity index (χ2n) is 4.75. The average Bonchev–Trinajstić information content (AvgIpc) is 2.34. The van der Waals surface area contributed by atoms with Crippen molar-refractivity contribution >= 4 is 15.9 Å². The molecule has 0 bridgehead atoms. The zero-order valence-electron chi connectivity index (χ0n) is 11.4. The molecule has 0 aliphatic rings. The van der Waals surface area contributed by atoms with Gasteiger partial charge in [-0.05, 0) is 36.6 Å². The van der Waals surface area contributed by atoms with E-state index in [4.69, 9.17) is 5.14 Å². The molecule has 0 radical (unpaired) electrons. The molecule has 106 valence electrons. The monoisotopic (exact) mass is 284 g/mol. The van der Waals surface area contributed by atoms with E-state index in [2.05, 4.69) is 19.2 Å². The van der Waals surface area contributed by atoms with Crippen molar-refractivity contribution < 1.29 is 13.2 Å². The van der Waals surface area contributed by atoms with Crippen LogP contribution in [0.15, 0.2) is 23.1 Å². The van der Waals surface area contributed by atoms with Crippen molar-refractivity contribution in [2.75, 3.05) is 6.54 Å². The number of nitrogens with one attached hydrogen (secondary N) is 1. The van der Waals surface area contributed by atoms with Crippen molar-refractivity contribution in [3.8, 4) is 0 Å². The molecule has 1 aromatic rings. The minimum atomic E-state index is -3.73. The fourth-order valence-electron chi connectivity index (χ4n) is 1.57. The lowest BCUT2D eigenvalue weighted by Gasteiger charge is -2.12. The van der Waals surface area contributed by atoms with Crippen LogP contribution in [0, 0.1) is 12.8 Å². The number of benzene rings is 1. The van der Waals surface area contributed by atoms with Crippen LogP contribution in [0.1, 0.15) is 36.2 Å². The first-order chi connectivity index (χ1) is 8.75. The molecule has 1 aromatic carbocycles. The van der Waals surface area contributed by atoms with E-state index in [1.54, 1.807) is 6.92 Å². The summed E-state index contributed by atoms with van der Waals surface area (Å²) in [5.74, 6) is 0.215. The normalized spacial score (nSPS) is 13.1. The molecule has 0 aromatic heterocycles. The Morgan fingerprint density at radius 3 is 2.53 bits per heavy atom. The van der Waals surface area contributed by atoms with Crippen molar-refractivity contribution in [1.29, 1.82) is 0 Å². The van der Waals surface area contributed by atoms with Crippen LogP contribution in [0.3, 0.4) is 0 Å². The molecule has 0 spiro atoms. The Morgan fingerprint density at radius 1 is 1.42 bits per heavy atom. The number of carbonyl (C=O) groups is 1. The number of amides is 1. The van der Waals surface area contributed by atoms with Crippen molar-refractivity contribution in [2.24, 2.45) is 11.1 Å². The van der Waals surface area contributed by atoms with Crippen LogP contribution < -0.4 is 10.5 Å². The molecule has 6 heteroatoms. The number of aryl methyl sites for hydroxylation is 1. The summed E-state index contributed by atoms with van der Waals surface area (Å²) in [6, 6.07) is 4.25. The van der Waals surface area contributed by atoms with Gasteiger partial charge in [-0.15, -0.1) is 0 Å². The Bertz CT molecular complexity index is 567. The lowest BCUT2D eigenvalue weighted by Crippen LogP contribution is -2.28. The number of hydrogen-bond acceptors (Lipinski definition) is 3. The predicted molar refractivity (Wildman–Crippen MR) is 74.3 cm³/mol. The SMILES string of the molecule is CCC(C)CNC(=O)c1ccc(S(N)(=O)=O)cc1C. The number of carbonyl (C=O) groups excluding carboxylic acids is 1. The van der Waals surface area contributed by atoms with Crippen molar-refractivity contribution in [3.63, 3.8) is 0 Å². The van der Waals surface area contributed by atoms with Crippen LogP contribution in [0.25, 0.3) is 0 Å². The first-order valence-corrected chi connectivity index (χ1v) is 7.72. The highest BCUT2D eigenvalue weighted by Crippen LogP contribution is 2.14. The van der Waals surface area contributed by atoms with Gasteiger partial charge in [0.2, 0.25) is 10.0 Å². The quantitative estimate of drug-likeness (QED) is 0.857. The van der Waals surface area contributed by atoms with Gasteiger partial charge in [-0.25, -0.2) is 13.6 Å². The zero-order chi connectivity index (χ0) is 14.6. The fraction of sp³-hybridized carbons (Fsp3) is 0.462. The predicted octanol–water partition coefficient (Wildman–Crippen LogP) is 1.42. The average molecular weight is 284 g/mol. The van der Waals surface area contributed by atoms with Crippen LogP contribution in [0.2, 0.25) is 0 Å². The molecule has 1 rings (SSSR count). The number of primary sulfonamides is 1. The Morgan fingerprint density at radius 2 is 2.05 bits per heavy atom. The third-order valence-electron chi connectivity index (χ3n) is 3.08. The second kappa shape index (κ2) is 6.16. The van der Waals surface area contributed by atoms with Crippen molar-refractivity contribution in [1.82, 2.24) is 5.32 Å². The molecule has 1 atom stereocenters. The third-order valence-corrected chi connectivity index (χ3v) is 3.99. The van der Waals surface area contributed by atoms with Gasteiger partial charge in [0.1, 0.15) is 0 Å². The maximum Gasteiger partial charge on any atom is 0.251 e. The highest BCUT2D eigenvalue weighted by molar-refractivity contribution is 7.89. The molecule has 1 amide bonds. The summed E-state index contributed by atoms with van der Waals surface area (Å²) in [5.41, 5.74) is 1.06. The van der Waals surface area contributed by atoms with Gasteiger partial charge in [-0.1, -0.05) is 20.3 Å². The number of nitrogens with two attached hydrogens (primary N) is 1. The summed E-state index contributed by atoms with van der Waals surface area (Å²) in [5, 5.41) is 7.87. The summed E-state index contributed by atoms with van der Waals surface area (Å²) in [7, 11) is -3.73. The summed E-state index contributed by atoms with van der Waals surface area (Å²) < 4.78 is 22.4. The smallest absolute Gasteiger partial charge is 0.251 e. The van der Waals surface area contributed by atoms with Gasteiger partial charge < -0.3 is 5.32 Å². The van der Waals surface area contributed by atoms with Crippen LogP contribution in [0.5, 0.6) is 0 Å². The zero-order valence-corrected chi connectivity index (χ0v) is 12.3. The highest BCUT2D eigenvalue weighted by atomic mass is 32.2. The maximum absolute atomic E-state index is 12.0. The van der Waals surface area contributed by atoms with E-state index in [-0.39, 0.29) is 10.8 Å². The van der Waals surface area contributed by atoms with Crippen LogP contribution in [-0.4, -0.2) is 20.9 Å². The summed E-state index contributed by atoms with van der Waals surface area (Å²) in [6.07, 6.45) is 0.990. The first kappa shape index (κ1) is 15.7.